The maximum atomic E-state index is 11.5. The molecule has 0 aromatic heterocycles. The van der Waals surface area contributed by atoms with Gasteiger partial charge in [-0.2, -0.15) is 0 Å². The topological polar surface area (TPSA) is 29.1 Å². The molecule has 2 rings (SSSR count). The van der Waals surface area contributed by atoms with Gasteiger partial charge in [0.15, 0.2) is 0 Å². The average Bonchev–Trinajstić information content (AvgIpc) is 2.01. The Hall–Kier alpha value is -0.530. The van der Waals surface area contributed by atoms with Crippen molar-refractivity contribution in [2.75, 3.05) is 0 Å². The minimum absolute atomic E-state index is 0.253. The summed E-state index contributed by atoms with van der Waals surface area (Å²) in [6.45, 7) is 2.10. The lowest BCUT2D eigenvalue weighted by Gasteiger charge is -2.47. The van der Waals surface area contributed by atoms with Crippen molar-refractivity contribution >= 4 is 5.91 Å². The summed E-state index contributed by atoms with van der Waals surface area (Å²) in [7, 11) is 0. The van der Waals surface area contributed by atoms with E-state index in [1.807, 2.05) is 0 Å². The SMILES string of the molecule is CC[C@@H]1CCC2(CCC2)NC1=O. The summed E-state index contributed by atoms with van der Waals surface area (Å²) in [5.41, 5.74) is 0.253. The van der Waals surface area contributed by atoms with Gasteiger partial charge >= 0.3 is 0 Å². The molecule has 12 heavy (non-hydrogen) atoms. The molecule has 68 valence electrons. The van der Waals surface area contributed by atoms with Crippen LogP contribution in [-0.2, 0) is 4.79 Å². The van der Waals surface area contributed by atoms with Crippen LogP contribution in [0.3, 0.4) is 0 Å². The van der Waals surface area contributed by atoms with Gasteiger partial charge in [-0.05, 0) is 38.5 Å². The summed E-state index contributed by atoms with van der Waals surface area (Å²) in [5, 5.41) is 3.19. The van der Waals surface area contributed by atoms with E-state index >= 15 is 0 Å². The molecule has 2 nitrogen and oxygen atoms in total. The van der Waals surface area contributed by atoms with Crippen LogP contribution in [0.15, 0.2) is 0 Å². The van der Waals surface area contributed by atoms with Gasteiger partial charge in [0.1, 0.15) is 0 Å². The van der Waals surface area contributed by atoms with Gasteiger partial charge in [0.05, 0.1) is 0 Å². The van der Waals surface area contributed by atoms with Crippen molar-refractivity contribution in [3.63, 3.8) is 0 Å². The van der Waals surface area contributed by atoms with Gasteiger partial charge in [-0.15, -0.1) is 0 Å². The zero-order valence-corrected chi connectivity index (χ0v) is 7.73. The Morgan fingerprint density at radius 2 is 2.25 bits per heavy atom. The van der Waals surface area contributed by atoms with Crippen LogP contribution in [0.25, 0.3) is 0 Å². The monoisotopic (exact) mass is 167 g/mol. The van der Waals surface area contributed by atoms with Gasteiger partial charge in [0, 0.05) is 11.5 Å². The Labute approximate surface area is 73.7 Å². The van der Waals surface area contributed by atoms with E-state index in [4.69, 9.17) is 0 Å². The molecule has 1 saturated heterocycles. The molecule has 2 aliphatic rings. The van der Waals surface area contributed by atoms with Crippen molar-refractivity contribution in [1.29, 1.82) is 0 Å². The molecule has 1 amide bonds. The third-order valence-electron chi connectivity index (χ3n) is 3.53. The van der Waals surface area contributed by atoms with Crippen molar-refractivity contribution in [2.45, 2.75) is 51.0 Å². The van der Waals surface area contributed by atoms with Crippen LogP contribution in [0.5, 0.6) is 0 Å². The van der Waals surface area contributed by atoms with Gasteiger partial charge in [-0.25, -0.2) is 0 Å². The largest absolute Gasteiger partial charge is 0.350 e. The van der Waals surface area contributed by atoms with Crippen LogP contribution in [0.2, 0.25) is 0 Å². The summed E-state index contributed by atoms with van der Waals surface area (Å²) in [6.07, 6.45) is 7.07. The molecule has 1 aliphatic carbocycles. The van der Waals surface area contributed by atoms with Gasteiger partial charge < -0.3 is 5.32 Å². The van der Waals surface area contributed by atoms with Crippen LogP contribution < -0.4 is 5.32 Å². The number of piperidine rings is 1. The van der Waals surface area contributed by atoms with Gasteiger partial charge in [0.2, 0.25) is 5.91 Å². The Morgan fingerprint density at radius 1 is 1.50 bits per heavy atom. The van der Waals surface area contributed by atoms with E-state index in [0.29, 0.717) is 11.8 Å². The van der Waals surface area contributed by atoms with Crippen LogP contribution in [0.1, 0.15) is 45.4 Å². The molecule has 1 N–H and O–H groups in total. The van der Waals surface area contributed by atoms with Crippen LogP contribution in [-0.4, -0.2) is 11.4 Å². The fraction of sp³-hybridized carbons (Fsp3) is 0.900. The summed E-state index contributed by atoms with van der Waals surface area (Å²) in [5.74, 6) is 0.611. The van der Waals surface area contributed by atoms with Crippen LogP contribution in [0, 0.1) is 5.92 Å². The second-order valence-corrected chi connectivity index (χ2v) is 4.27. The molecule has 0 radical (unpaired) electrons. The van der Waals surface area contributed by atoms with Gasteiger partial charge in [-0.3, -0.25) is 4.79 Å². The molecular formula is C10H17NO. The normalized spacial score (nSPS) is 32.8. The van der Waals surface area contributed by atoms with Crippen molar-refractivity contribution in [2.24, 2.45) is 5.92 Å². The first-order chi connectivity index (χ1) is 5.76. The third-order valence-corrected chi connectivity index (χ3v) is 3.53. The third kappa shape index (κ3) is 1.13. The van der Waals surface area contributed by atoms with Gasteiger partial charge in [0.25, 0.3) is 0 Å². The van der Waals surface area contributed by atoms with E-state index in [2.05, 4.69) is 12.2 Å². The first-order valence-electron chi connectivity index (χ1n) is 5.08. The standard InChI is InChI=1S/C10H17NO/c1-2-8-4-7-10(5-3-6-10)11-9(8)12/h8H,2-7H2,1H3,(H,11,12)/t8-/m1/s1. The average molecular weight is 167 g/mol. The molecule has 2 fully saturated rings. The molecule has 2 heteroatoms. The van der Waals surface area contributed by atoms with Gasteiger partial charge in [-0.1, -0.05) is 6.92 Å². The number of hydrogen-bond donors (Lipinski definition) is 1. The van der Waals surface area contributed by atoms with E-state index in [0.717, 1.165) is 12.8 Å². The molecule has 0 bridgehead atoms. The highest BCUT2D eigenvalue weighted by Crippen LogP contribution is 2.40. The fourth-order valence-electron chi connectivity index (χ4n) is 2.38. The Kier molecular flexibility index (Phi) is 1.85. The minimum Gasteiger partial charge on any atom is -0.350 e. The number of hydrogen-bond acceptors (Lipinski definition) is 1. The maximum Gasteiger partial charge on any atom is 0.223 e. The van der Waals surface area contributed by atoms with E-state index in [1.54, 1.807) is 0 Å². The van der Waals surface area contributed by atoms with E-state index in [9.17, 15) is 4.79 Å². The first-order valence-corrected chi connectivity index (χ1v) is 5.08. The molecule has 1 heterocycles. The second-order valence-electron chi connectivity index (χ2n) is 4.27. The number of carbonyl (C=O) groups is 1. The smallest absolute Gasteiger partial charge is 0.223 e. The zero-order chi connectivity index (χ0) is 8.60. The van der Waals surface area contributed by atoms with Crippen LogP contribution >= 0.6 is 0 Å². The summed E-state index contributed by atoms with van der Waals surface area (Å²) >= 11 is 0. The molecule has 1 saturated carbocycles. The van der Waals surface area contributed by atoms with Crippen molar-refractivity contribution in [3.8, 4) is 0 Å². The quantitative estimate of drug-likeness (QED) is 0.634. The Morgan fingerprint density at radius 3 is 2.67 bits per heavy atom. The number of nitrogens with one attached hydrogen (secondary N) is 1. The highest BCUT2D eigenvalue weighted by molar-refractivity contribution is 5.80. The highest BCUT2D eigenvalue weighted by atomic mass is 16.2. The van der Waals surface area contributed by atoms with E-state index in [-0.39, 0.29) is 5.54 Å². The molecule has 0 unspecified atom stereocenters. The maximum absolute atomic E-state index is 11.5. The second kappa shape index (κ2) is 2.75. The number of carbonyl (C=O) groups excluding carboxylic acids is 1. The Balaban J connectivity index is 1.98. The summed E-state index contributed by atoms with van der Waals surface area (Å²) < 4.78 is 0. The molecule has 0 aromatic rings. The Bertz CT molecular complexity index is 196. The molecule has 1 spiro atoms. The number of rotatable bonds is 1. The molecule has 1 aliphatic heterocycles. The summed E-state index contributed by atoms with van der Waals surface area (Å²) in [4.78, 5) is 11.5. The zero-order valence-electron chi connectivity index (χ0n) is 7.73. The fourth-order valence-corrected chi connectivity index (χ4v) is 2.38. The van der Waals surface area contributed by atoms with E-state index in [1.165, 1.54) is 25.7 Å². The molecular weight excluding hydrogens is 150 g/mol. The van der Waals surface area contributed by atoms with Crippen molar-refractivity contribution in [1.82, 2.24) is 5.32 Å². The molecule has 1 atom stereocenters. The number of amides is 1. The van der Waals surface area contributed by atoms with E-state index < -0.39 is 0 Å². The lowest BCUT2D eigenvalue weighted by atomic mass is 9.69. The summed E-state index contributed by atoms with van der Waals surface area (Å²) in [6, 6.07) is 0. The lowest BCUT2D eigenvalue weighted by Crippen LogP contribution is -2.58. The van der Waals surface area contributed by atoms with Crippen molar-refractivity contribution in [3.05, 3.63) is 0 Å². The predicted molar refractivity (Wildman–Crippen MR) is 47.7 cm³/mol. The molecule has 0 aromatic carbocycles. The minimum atomic E-state index is 0.253. The first kappa shape index (κ1) is 8.09. The van der Waals surface area contributed by atoms with Crippen LogP contribution in [0.4, 0.5) is 0 Å². The van der Waals surface area contributed by atoms with Crippen molar-refractivity contribution < 1.29 is 4.79 Å². The predicted octanol–water partition coefficient (Wildman–Crippen LogP) is 1.85. The highest BCUT2D eigenvalue weighted by Gasteiger charge is 2.42. The lowest BCUT2D eigenvalue weighted by molar-refractivity contribution is -0.131.